The van der Waals surface area contributed by atoms with Crippen LogP contribution >= 0.6 is 0 Å². The van der Waals surface area contributed by atoms with E-state index in [4.69, 9.17) is 0 Å². The topological polar surface area (TPSA) is 81.9 Å². The molecule has 0 N–H and O–H groups in total. The molecule has 1 heterocycles. The third-order valence-electron chi connectivity index (χ3n) is 6.06. The van der Waals surface area contributed by atoms with Gasteiger partial charge in [0.2, 0.25) is 0 Å². The molecule has 0 bridgehead atoms. The van der Waals surface area contributed by atoms with Gasteiger partial charge >= 0.3 is 0 Å². The fourth-order valence-corrected chi connectivity index (χ4v) is 5.17. The van der Waals surface area contributed by atoms with E-state index in [-0.39, 0.29) is 10.3 Å². The lowest BCUT2D eigenvalue weighted by Crippen LogP contribution is -2.31. The van der Waals surface area contributed by atoms with E-state index < -0.39 is 15.6 Å². The maximum absolute atomic E-state index is 13.0. The highest BCUT2D eigenvalue weighted by Crippen LogP contribution is 2.17. The van der Waals surface area contributed by atoms with Crippen molar-refractivity contribution in [1.29, 1.82) is 0 Å². The van der Waals surface area contributed by atoms with Crippen molar-refractivity contribution in [2.45, 2.75) is 89.4 Å². The van der Waals surface area contributed by atoms with Crippen molar-refractivity contribution in [1.82, 2.24) is 14.4 Å². The predicted molar refractivity (Wildman–Crippen MR) is 133 cm³/mol. The van der Waals surface area contributed by atoms with Crippen molar-refractivity contribution in [3.05, 3.63) is 63.9 Å². The van der Waals surface area contributed by atoms with E-state index in [1.807, 2.05) is 25.1 Å². The summed E-state index contributed by atoms with van der Waals surface area (Å²) < 4.78 is 26.5. The highest BCUT2D eigenvalue weighted by atomic mass is 32.2. The summed E-state index contributed by atoms with van der Waals surface area (Å²) in [6.45, 7) is 4.08. The Labute approximate surface area is 197 Å². The highest BCUT2D eigenvalue weighted by Gasteiger charge is 2.21. The van der Waals surface area contributed by atoms with Gasteiger partial charge in [-0.3, -0.25) is 4.79 Å². The summed E-state index contributed by atoms with van der Waals surface area (Å²) in [6.07, 6.45) is 13.8. The van der Waals surface area contributed by atoms with E-state index in [0.29, 0.717) is 9.60 Å². The number of hydrogen-bond donors (Lipinski definition) is 0. The van der Waals surface area contributed by atoms with E-state index in [1.165, 1.54) is 57.8 Å². The van der Waals surface area contributed by atoms with Crippen molar-refractivity contribution in [2.75, 3.05) is 0 Å². The van der Waals surface area contributed by atoms with Crippen LogP contribution in [0.2, 0.25) is 0 Å². The minimum absolute atomic E-state index is 0.0396. The van der Waals surface area contributed by atoms with Gasteiger partial charge in [0.1, 0.15) is 5.52 Å². The summed E-state index contributed by atoms with van der Waals surface area (Å²) in [5.41, 5.74) is 1.65. The standard InChI is InChI=1S/C26H35N3O3S/c1-3-4-5-6-7-8-9-10-11-12-13-22-15-17-23(18-16-22)33(31,32)29-26(30)24-20-21(2)14-19-25(24)27-28-29/h14-20H,3-13H2,1-2H3. The lowest BCUT2D eigenvalue weighted by Gasteiger charge is -2.08. The number of hydrogen-bond acceptors (Lipinski definition) is 5. The van der Waals surface area contributed by atoms with Crippen LogP contribution < -0.4 is 5.56 Å². The zero-order valence-corrected chi connectivity index (χ0v) is 20.6. The van der Waals surface area contributed by atoms with Crippen molar-refractivity contribution >= 4 is 20.9 Å². The van der Waals surface area contributed by atoms with Crippen LogP contribution in [0.15, 0.2) is 52.2 Å². The zero-order chi connectivity index (χ0) is 23.7. The molecular weight excluding hydrogens is 434 g/mol. The van der Waals surface area contributed by atoms with E-state index in [2.05, 4.69) is 17.2 Å². The first-order valence-electron chi connectivity index (χ1n) is 12.1. The second-order valence-corrected chi connectivity index (χ2v) is 10.6. The Kier molecular flexibility index (Phi) is 9.18. The van der Waals surface area contributed by atoms with Crippen LogP contribution in [0, 0.1) is 6.92 Å². The highest BCUT2D eigenvalue weighted by molar-refractivity contribution is 7.89. The first-order chi connectivity index (χ1) is 15.9. The maximum atomic E-state index is 13.0. The van der Waals surface area contributed by atoms with Crippen LogP contribution in [-0.2, 0) is 16.4 Å². The molecule has 0 unspecified atom stereocenters. The second kappa shape index (κ2) is 12.1. The summed E-state index contributed by atoms with van der Waals surface area (Å²) in [5, 5.41) is 7.84. The lowest BCUT2D eigenvalue weighted by atomic mass is 10.0. The first kappa shape index (κ1) is 25.1. The van der Waals surface area contributed by atoms with Crippen LogP contribution in [0.5, 0.6) is 0 Å². The van der Waals surface area contributed by atoms with Gasteiger partial charge in [0, 0.05) is 0 Å². The smallest absolute Gasteiger partial charge is 0.266 e. The molecule has 0 aliphatic carbocycles. The normalized spacial score (nSPS) is 11.8. The van der Waals surface area contributed by atoms with Gasteiger partial charge in [0.15, 0.2) is 0 Å². The molecule has 0 spiro atoms. The molecule has 0 saturated carbocycles. The van der Waals surface area contributed by atoms with Gasteiger partial charge in [-0.05, 0) is 54.8 Å². The molecule has 2 aromatic carbocycles. The Morgan fingerprint density at radius 2 is 1.42 bits per heavy atom. The molecule has 0 fully saturated rings. The summed E-state index contributed by atoms with van der Waals surface area (Å²) in [6, 6.07) is 11.9. The second-order valence-electron chi connectivity index (χ2n) is 8.84. The van der Waals surface area contributed by atoms with Crippen LogP contribution in [0.25, 0.3) is 10.9 Å². The van der Waals surface area contributed by atoms with Gasteiger partial charge in [0.25, 0.3) is 15.6 Å². The van der Waals surface area contributed by atoms with Gasteiger partial charge in [-0.25, -0.2) is 0 Å². The lowest BCUT2D eigenvalue weighted by molar-refractivity contribution is 0.556. The van der Waals surface area contributed by atoms with Crippen molar-refractivity contribution in [3.63, 3.8) is 0 Å². The van der Waals surface area contributed by atoms with Crippen molar-refractivity contribution in [2.24, 2.45) is 0 Å². The number of rotatable bonds is 13. The molecule has 0 aliphatic rings. The molecule has 0 atom stereocenters. The van der Waals surface area contributed by atoms with E-state index in [1.54, 1.807) is 24.3 Å². The zero-order valence-electron chi connectivity index (χ0n) is 19.8. The summed E-state index contributed by atoms with van der Waals surface area (Å²) in [7, 11) is -4.10. The first-order valence-corrected chi connectivity index (χ1v) is 13.6. The Hall–Kier alpha value is -2.54. The molecule has 3 aromatic rings. The Bertz CT molecular complexity index is 1200. The van der Waals surface area contributed by atoms with Gasteiger partial charge in [-0.2, -0.15) is 8.42 Å². The average molecular weight is 470 g/mol. The molecule has 3 rings (SSSR count). The molecule has 0 saturated heterocycles. The molecule has 7 heteroatoms. The number of unbranched alkanes of at least 4 members (excludes halogenated alkanes) is 9. The third-order valence-corrected chi connectivity index (χ3v) is 7.62. The Balaban J connectivity index is 1.54. The summed E-state index contributed by atoms with van der Waals surface area (Å²) >= 11 is 0. The molecular formula is C26H35N3O3S. The molecule has 0 aliphatic heterocycles. The number of aromatic nitrogens is 3. The number of nitrogens with zero attached hydrogens (tertiary/aromatic N) is 3. The van der Waals surface area contributed by atoms with Gasteiger partial charge < -0.3 is 0 Å². The Morgan fingerprint density at radius 1 is 0.818 bits per heavy atom. The minimum atomic E-state index is -4.10. The third kappa shape index (κ3) is 6.73. The quantitative estimate of drug-likeness (QED) is 0.295. The van der Waals surface area contributed by atoms with E-state index in [9.17, 15) is 13.2 Å². The molecule has 0 amide bonds. The predicted octanol–water partition coefficient (Wildman–Crippen LogP) is 5.80. The van der Waals surface area contributed by atoms with E-state index in [0.717, 1.165) is 24.0 Å². The van der Waals surface area contributed by atoms with Gasteiger partial charge in [-0.15, -0.1) is 5.10 Å². The van der Waals surface area contributed by atoms with Gasteiger partial charge in [0.05, 0.1) is 10.3 Å². The average Bonchev–Trinajstić information content (AvgIpc) is 2.81. The number of benzene rings is 2. The Morgan fingerprint density at radius 3 is 2.06 bits per heavy atom. The SMILES string of the molecule is CCCCCCCCCCCCc1ccc(S(=O)(=O)n2nnc3ccc(C)cc3c2=O)cc1. The van der Waals surface area contributed by atoms with Crippen molar-refractivity contribution in [3.8, 4) is 0 Å². The number of aryl methyl sites for hydroxylation is 2. The molecule has 0 radical (unpaired) electrons. The fourth-order valence-electron chi connectivity index (χ4n) is 4.04. The fraction of sp³-hybridized carbons (Fsp3) is 0.500. The molecule has 6 nitrogen and oxygen atoms in total. The van der Waals surface area contributed by atoms with E-state index >= 15 is 0 Å². The summed E-state index contributed by atoms with van der Waals surface area (Å²) in [4.78, 5) is 12.8. The van der Waals surface area contributed by atoms with Crippen LogP contribution in [-0.4, -0.2) is 22.8 Å². The molecule has 178 valence electrons. The van der Waals surface area contributed by atoms with Crippen molar-refractivity contribution < 1.29 is 8.42 Å². The summed E-state index contributed by atoms with van der Waals surface area (Å²) in [5.74, 6) is 0. The minimum Gasteiger partial charge on any atom is -0.266 e. The molecule has 1 aromatic heterocycles. The monoisotopic (exact) mass is 469 g/mol. The largest absolute Gasteiger partial charge is 0.292 e. The number of fused-ring (bicyclic) bond motifs is 1. The maximum Gasteiger partial charge on any atom is 0.292 e. The van der Waals surface area contributed by atoms with Crippen LogP contribution in [0.4, 0.5) is 0 Å². The molecule has 33 heavy (non-hydrogen) atoms. The van der Waals surface area contributed by atoms with Gasteiger partial charge in [-0.1, -0.05) is 92.6 Å². The van der Waals surface area contributed by atoms with Crippen LogP contribution in [0.1, 0.15) is 82.3 Å². The van der Waals surface area contributed by atoms with Crippen LogP contribution in [0.3, 0.4) is 0 Å².